The quantitative estimate of drug-likeness (QED) is 0.790. The van der Waals surface area contributed by atoms with Crippen LogP contribution in [0.4, 0.5) is 0 Å². The molecule has 1 aromatic rings. The summed E-state index contributed by atoms with van der Waals surface area (Å²) in [6.45, 7) is 7.84. The molecule has 0 aliphatic rings. The van der Waals surface area contributed by atoms with E-state index in [0.717, 1.165) is 23.4 Å². The minimum absolute atomic E-state index is 0.0186. The molecule has 2 N–H and O–H groups in total. The lowest BCUT2D eigenvalue weighted by atomic mass is 10.0. The van der Waals surface area contributed by atoms with Gasteiger partial charge in [-0.05, 0) is 32.6 Å². The fourth-order valence-corrected chi connectivity index (χ4v) is 2.15. The lowest BCUT2D eigenvalue weighted by Crippen LogP contribution is -2.38. The summed E-state index contributed by atoms with van der Waals surface area (Å²) in [7, 11) is 0. The summed E-state index contributed by atoms with van der Waals surface area (Å²) in [5.74, 6) is 1.17. The van der Waals surface area contributed by atoms with Gasteiger partial charge in [0.15, 0.2) is 0 Å². The van der Waals surface area contributed by atoms with Crippen molar-refractivity contribution >= 4 is 5.91 Å². The van der Waals surface area contributed by atoms with Gasteiger partial charge in [-0.2, -0.15) is 0 Å². The number of hydrogen-bond donors (Lipinski definition) is 2. The van der Waals surface area contributed by atoms with Crippen LogP contribution < -0.4 is 5.32 Å². The van der Waals surface area contributed by atoms with Crippen molar-refractivity contribution in [3.8, 4) is 0 Å². The largest absolute Gasteiger partial charge is 0.394 e. The molecule has 1 aromatic heterocycles. The van der Waals surface area contributed by atoms with E-state index in [0.29, 0.717) is 18.8 Å². The number of rotatable bonds is 7. The van der Waals surface area contributed by atoms with Gasteiger partial charge in [0.2, 0.25) is 5.91 Å². The summed E-state index contributed by atoms with van der Waals surface area (Å²) >= 11 is 0. The molecule has 0 aliphatic heterocycles. The molecule has 1 rings (SSSR count). The summed E-state index contributed by atoms with van der Waals surface area (Å²) in [5.41, 5.74) is 1.84. The van der Waals surface area contributed by atoms with Crippen LogP contribution in [0.15, 0.2) is 4.52 Å². The van der Waals surface area contributed by atoms with Crippen molar-refractivity contribution in [1.29, 1.82) is 0 Å². The summed E-state index contributed by atoms with van der Waals surface area (Å²) in [6, 6.07) is -0.155. The number of aliphatic hydroxyl groups excluding tert-OH is 1. The SMILES string of the molecule is Cc1noc(C)c1CCC(=O)NC(CO)CC(C)C. The van der Waals surface area contributed by atoms with Crippen LogP contribution in [-0.2, 0) is 11.2 Å². The third-order valence-corrected chi connectivity index (χ3v) is 3.12. The van der Waals surface area contributed by atoms with Crippen LogP contribution >= 0.6 is 0 Å². The molecular formula is C14H24N2O3. The molecule has 0 spiro atoms. The number of aryl methyl sites for hydroxylation is 2. The smallest absolute Gasteiger partial charge is 0.220 e. The van der Waals surface area contributed by atoms with Crippen LogP contribution in [0, 0.1) is 19.8 Å². The Bertz CT molecular complexity index is 393. The molecule has 0 aliphatic carbocycles. The number of carbonyl (C=O) groups excluding carboxylic acids is 1. The van der Waals surface area contributed by atoms with Crippen LogP contribution in [0.1, 0.15) is 43.7 Å². The molecule has 0 fully saturated rings. The van der Waals surface area contributed by atoms with Crippen LogP contribution in [0.5, 0.6) is 0 Å². The summed E-state index contributed by atoms with van der Waals surface area (Å²) < 4.78 is 5.06. The van der Waals surface area contributed by atoms with Crippen LogP contribution in [0.25, 0.3) is 0 Å². The van der Waals surface area contributed by atoms with Gasteiger partial charge < -0.3 is 14.9 Å². The summed E-state index contributed by atoms with van der Waals surface area (Å²) in [5, 5.41) is 15.9. The van der Waals surface area contributed by atoms with Gasteiger partial charge in [-0.1, -0.05) is 19.0 Å². The molecule has 1 heterocycles. The first-order valence-corrected chi connectivity index (χ1v) is 6.76. The average molecular weight is 268 g/mol. The van der Waals surface area contributed by atoms with Crippen molar-refractivity contribution in [2.75, 3.05) is 6.61 Å². The maximum Gasteiger partial charge on any atom is 0.220 e. The van der Waals surface area contributed by atoms with Crippen molar-refractivity contribution in [1.82, 2.24) is 10.5 Å². The highest BCUT2D eigenvalue weighted by atomic mass is 16.5. The number of aliphatic hydroxyl groups is 1. The Morgan fingerprint density at radius 3 is 2.58 bits per heavy atom. The van der Waals surface area contributed by atoms with Crippen molar-refractivity contribution in [2.45, 2.75) is 53.0 Å². The second kappa shape index (κ2) is 7.28. The standard InChI is InChI=1S/C14H24N2O3/c1-9(2)7-12(8-17)15-14(18)6-5-13-10(3)16-19-11(13)4/h9,12,17H,5-8H2,1-4H3,(H,15,18). The molecule has 0 aromatic carbocycles. The van der Waals surface area contributed by atoms with Crippen molar-refractivity contribution in [2.24, 2.45) is 5.92 Å². The number of amides is 1. The van der Waals surface area contributed by atoms with Gasteiger partial charge in [0, 0.05) is 12.0 Å². The normalized spacial score (nSPS) is 12.7. The molecule has 0 saturated carbocycles. The van der Waals surface area contributed by atoms with Crippen LogP contribution in [0.2, 0.25) is 0 Å². The van der Waals surface area contributed by atoms with E-state index in [1.54, 1.807) is 0 Å². The average Bonchev–Trinajstić information content (AvgIpc) is 2.65. The molecule has 5 nitrogen and oxygen atoms in total. The molecule has 19 heavy (non-hydrogen) atoms. The Labute approximate surface area is 114 Å². The minimum atomic E-state index is -0.155. The van der Waals surface area contributed by atoms with Crippen molar-refractivity contribution in [3.63, 3.8) is 0 Å². The van der Waals surface area contributed by atoms with E-state index >= 15 is 0 Å². The highest BCUT2D eigenvalue weighted by Crippen LogP contribution is 2.14. The molecule has 0 radical (unpaired) electrons. The van der Waals surface area contributed by atoms with Gasteiger partial charge in [0.25, 0.3) is 0 Å². The third kappa shape index (κ3) is 5.03. The van der Waals surface area contributed by atoms with E-state index in [2.05, 4.69) is 24.3 Å². The molecule has 108 valence electrons. The van der Waals surface area contributed by atoms with Crippen molar-refractivity contribution < 1.29 is 14.4 Å². The molecular weight excluding hydrogens is 244 g/mol. The van der Waals surface area contributed by atoms with E-state index in [4.69, 9.17) is 4.52 Å². The number of nitrogens with one attached hydrogen (secondary N) is 1. The fraction of sp³-hybridized carbons (Fsp3) is 0.714. The lowest BCUT2D eigenvalue weighted by molar-refractivity contribution is -0.122. The summed E-state index contributed by atoms with van der Waals surface area (Å²) in [4.78, 5) is 11.8. The van der Waals surface area contributed by atoms with Gasteiger partial charge >= 0.3 is 0 Å². The van der Waals surface area contributed by atoms with E-state index in [9.17, 15) is 9.90 Å². The highest BCUT2D eigenvalue weighted by molar-refractivity contribution is 5.76. The van der Waals surface area contributed by atoms with Gasteiger partial charge in [0.05, 0.1) is 18.3 Å². The maximum absolute atomic E-state index is 11.8. The zero-order valence-corrected chi connectivity index (χ0v) is 12.2. The molecule has 1 atom stereocenters. The second-order valence-corrected chi connectivity index (χ2v) is 5.38. The topological polar surface area (TPSA) is 75.4 Å². The third-order valence-electron chi connectivity index (χ3n) is 3.12. The van der Waals surface area contributed by atoms with Crippen LogP contribution in [-0.4, -0.2) is 28.8 Å². The Kier molecular flexibility index (Phi) is 6.02. The Morgan fingerprint density at radius 1 is 1.42 bits per heavy atom. The van der Waals surface area contributed by atoms with Gasteiger partial charge in [-0.3, -0.25) is 4.79 Å². The number of aromatic nitrogens is 1. The van der Waals surface area contributed by atoms with E-state index < -0.39 is 0 Å². The number of nitrogens with zero attached hydrogens (tertiary/aromatic N) is 1. The second-order valence-electron chi connectivity index (χ2n) is 5.38. The van der Waals surface area contributed by atoms with Gasteiger partial charge in [0.1, 0.15) is 5.76 Å². The van der Waals surface area contributed by atoms with E-state index in [1.807, 2.05) is 13.8 Å². The highest BCUT2D eigenvalue weighted by Gasteiger charge is 2.15. The first-order chi connectivity index (χ1) is 8.93. The predicted molar refractivity (Wildman–Crippen MR) is 72.8 cm³/mol. The van der Waals surface area contributed by atoms with Crippen LogP contribution in [0.3, 0.4) is 0 Å². The number of carbonyl (C=O) groups is 1. The zero-order chi connectivity index (χ0) is 14.4. The lowest BCUT2D eigenvalue weighted by Gasteiger charge is -2.18. The first-order valence-electron chi connectivity index (χ1n) is 6.76. The van der Waals surface area contributed by atoms with E-state index in [-0.39, 0.29) is 18.6 Å². The monoisotopic (exact) mass is 268 g/mol. The van der Waals surface area contributed by atoms with Gasteiger partial charge in [-0.15, -0.1) is 0 Å². The Morgan fingerprint density at radius 2 is 2.11 bits per heavy atom. The Hall–Kier alpha value is -1.36. The first kappa shape index (κ1) is 15.7. The number of hydrogen-bond acceptors (Lipinski definition) is 4. The molecule has 1 unspecified atom stereocenters. The molecule has 1 amide bonds. The van der Waals surface area contributed by atoms with Crippen molar-refractivity contribution in [3.05, 3.63) is 17.0 Å². The molecule has 0 bridgehead atoms. The van der Waals surface area contributed by atoms with Gasteiger partial charge in [-0.25, -0.2) is 0 Å². The predicted octanol–water partition coefficient (Wildman–Crippen LogP) is 1.75. The Balaban J connectivity index is 2.43. The minimum Gasteiger partial charge on any atom is -0.394 e. The zero-order valence-electron chi connectivity index (χ0n) is 12.2. The maximum atomic E-state index is 11.8. The van der Waals surface area contributed by atoms with E-state index in [1.165, 1.54) is 0 Å². The fourth-order valence-electron chi connectivity index (χ4n) is 2.15. The summed E-state index contributed by atoms with van der Waals surface area (Å²) in [6.07, 6.45) is 1.79. The molecule has 0 saturated heterocycles. The molecule has 5 heteroatoms.